The van der Waals surface area contributed by atoms with E-state index in [-0.39, 0.29) is 25.0 Å². The van der Waals surface area contributed by atoms with E-state index in [1.165, 1.54) is 0 Å². The van der Waals surface area contributed by atoms with Gasteiger partial charge in [0.2, 0.25) is 5.91 Å². The molecule has 6 N–H and O–H groups in total. The standard InChI is InChI=1S/C4H10O2.C4H10O.C3H7NO.C3H8O/c1-4(2-5)3-6;1-4(2)3-5;1-2-3(4)5;1-2-3-4/h4-6H,2-3H2,1H3;4-5H,3H2,1-2H3;2H2,1H3,(H2,4,5);4H,2-3H2,1H3. The third kappa shape index (κ3) is 66.7. The quantitative estimate of drug-likeness (QED) is 0.506. The van der Waals surface area contributed by atoms with Gasteiger partial charge in [0, 0.05) is 38.8 Å². The Bertz CT molecular complexity index is 160. The Labute approximate surface area is 123 Å². The average Bonchev–Trinajstić information content (AvgIpc) is 2.47. The molecule has 1 amide bonds. The zero-order valence-corrected chi connectivity index (χ0v) is 13.7. The van der Waals surface area contributed by atoms with E-state index in [1.54, 1.807) is 13.8 Å². The summed E-state index contributed by atoms with van der Waals surface area (Å²) in [7, 11) is 0. The largest absolute Gasteiger partial charge is 0.396 e. The van der Waals surface area contributed by atoms with Gasteiger partial charge in [-0.1, -0.05) is 34.6 Å². The monoisotopic (exact) mass is 297 g/mol. The maximum Gasteiger partial charge on any atom is 0.217 e. The maximum absolute atomic E-state index is 9.59. The van der Waals surface area contributed by atoms with Gasteiger partial charge in [0.1, 0.15) is 0 Å². The molecule has 0 aromatic rings. The summed E-state index contributed by atoms with van der Waals surface area (Å²) in [5.41, 5.74) is 4.65. The Balaban J connectivity index is -0.0000000862. The molecule has 6 nitrogen and oxygen atoms in total. The van der Waals surface area contributed by atoms with E-state index in [0.29, 0.717) is 25.6 Å². The second kappa shape index (κ2) is 26.8. The van der Waals surface area contributed by atoms with Gasteiger partial charge in [0.15, 0.2) is 0 Å². The smallest absolute Gasteiger partial charge is 0.217 e. The molecule has 20 heavy (non-hydrogen) atoms. The van der Waals surface area contributed by atoms with Crippen molar-refractivity contribution in [3.05, 3.63) is 0 Å². The molecule has 0 fully saturated rings. The molecule has 0 rings (SSSR count). The van der Waals surface area contributed by atoms with Crippen LogP contribution >= 0.6 is 0 Å². The molecule has 0 saturated heterocycles. The molecule has 0 aliphatic heterocycles. The fourth-order valence-electron chi connectivity index (χ4n) is 0.0577. The van der Waals surface area contributed by atoms with Crippen molar-refractivity contribution >= 4 is 5.91 Å². The van der Waals surface area contributed by atoms with Crippen LogP contribution in [-0.4, -0.2) is 52.8 Å². The molecule has 0 saturated carbocycles. The molecule has 0 radical (unpaired) electrons. The summed E-state index contributed by atoms with van der Waals surface area (Å²) in [6, 6.07) is 0. The van der Waals surface area contributed by atoms with Gasteiger partial charge in [0.25, 0.3) is 0 Å². The highest BCUT2D eigenvalue weighted by molar-refractivity contribution is 5.73. The van der Waals surface area contributed by atoms with E-state index >= 15 is 0 Å². The number of hydrogen-bond donors (Lipinski definition) is 5. The number of carbonyl (C=O) groups is 1. The molecule has 0 heterocycles. The Morgan fingerprint density at radius 3 is 1.20 bits per heavy atom. The lowest BCUT2D eigenvalue weighted by Crippen LogP contribution is -2.06. The zero-order chi connectivity index (χ0) is 17.0. The van der Waals surface area contributed by atoms with Crippen molar-refractivity contribution in [2.45, 2.75) is 47.5 Å². The first-order valence-corrected chi connectivity index (χ1v) is 6.98. The summed E-state index contributed by atoms with van der Waals surface area (Å²) < 4.78 is 0. The third-order valence-corrected chi connectivity index (χ3v) is 1.56. The third-order valence-electron chi connectivity index (χ3n) is 1.56. The normalized spacial score (nSPS) is 8.75. The molecule has 0 aromatic heterocycles. The van der Waals surface area contributed by atoms with E-state index < -0.39 is 0 Å². The number of primary amides is 1. The molecular formula is C14H35NO5. The van der Waals surface area contributed by atoms with Crippen molar-refractivity contribution < 1.29 is 25.2 Å². The summed E-state index contributed by atoms with van der Waals surface area (Å²) in [6.07, 6.45) is 1.32. The summed E-state index contributed by atoms with van der Waals surface area (Å²) in [5.74, 6) is 0.241. The highest BCUT2D eigenvalue weighted by atomic mass is 16.3. The minimum atomic E-state index is -0.245. The van der Waals surface area contributed by atoms with E-state index in [4.69, 9.17) is 20.4 Å². The number of aliphatic hydroxyl groups excluding tert-OH is 4. The second-order valence-corrected chi connectivity index (χ2v) is 4.59. The van der Waals surface area contributed by atoms with Crippen LogP contribution in [0.3, 0.4) is 0 Å². The fourth-order valence-corrected chi connectivity index (χ4v) is 0.0577. The van der Waals surface area contributed by atoms with E-state index in [9.17, 15) is 4.79 Å². The number of aliphatic hydroxyl groups is 4. The summed E-state index contributed by atoms with van der Waals surface area (Å²) in [6.45, 7) is 10.2. The highest BCUT2D eigenvalue weighted by Crippen LogP contribution is 1.85. The molecule has 0 aliphatic carbocycles. The molecule has 0 bridgehead atoms. The van der Waals surface area contributed by atoms with Gasteiger partial charge in [-0.05, 0) is 12.3 Å². The van der Waals surface area contributed by atoms with Crippen LogP contribution in [0.2, 0.25) is 0 Å². The van der Waals surface area contributed by atoms with Crippen molar-refractivity contribution in [1.82, 2.24) is 0 Å². The summed E-state index contributed by atoms with van der Waals surface area (Å²) in [5, 5.41) is 32.4. The van der Waals surface area contributed by atoms with Crippen molar-refractivity contribution in [2.75, 3.05) is 26.4 Å². The lowest BCUT2D eigenvalue weighted by atomic mass is 10.2. The van der Waals surface area contributed by atoms with Crippen LogP contribution in [0.1, 0.15) is 47.5 Å². The summed E-state index contributed by atoms with van der Waals surface area (Å²) in [4.78, 5) is 9.59. The molecule has 6 heteroatoms. The number of rotatable bonds is 5. The molecular weight excluding hydrogens is 262 g/mol. The number of carbonyl (C=O) groups excluding carboxylic acids is 1. The van der Waals surface area contributed by atoms with Gasteiger partial charge in [0.05, 0.1) is 0 Å². The van der Waals surface area contributed by atoms with Gasteiger partial charge in [-0.25, -0.2) is 0 Å². The van der Waals surface area contributed by atoms with Gasteiger partial charge >= 0.3 is 0 Å². The predicted molar refractivity (Wildman–Crippen MR) is 82.1 cm³/mol. The predicted octanol–water partition coefficient (Wildman–Crippen LogP) is 0.512. The van der Waals surface area contributed by atoms with Gasteiger partial charge in [-0.3, -0.25) is 4.79 Å². The van der Waals surface area contributed by atoms with E-state index in [0.717, 1.165) is 6.42 Å². The summed E-state index contributed by atoms with van der Waals surface area (Å²) >= 11 is 0. The number of hydrogen-bond acceptors (Lipinski definition) is 5. The first-order chi connectivity index (χ1) is 9.26. The van der Waals surface area contributed by atoms with Crippen LogP contribution in [-0.2, 0) is 4.79 Å². The topological polar surface area (TPSA) is 124 Å². The van der Waals surface area contributed by atoms with Crippen LogP contribution in [0.4, 0.5) is 0 Å². The van der Waals surface area contributed by atoms with Crippen LogP contribution in [0, 0.1) is 11.8 Å². The Morgan fingerprint density at radius 2 is 1.20 bits per heavy atom. The van der Waals surface area contributed by atoms with E-state index in [1.807, 2.05) is 20.8 Å². The lowest BCUT2D eigenvalue weighted by molar-refractivity contribution is -0.117. The molecule has 0 aromatic carbocycles. The molecule has 0 spiro atoms. The van der Waals surface area contributed by atoms with Crippen molar-refractivity contribution in [1.29, 1.82) is 0 Å². The van der Waals surface area contributed by atoms with Crippen LogP contribution in [0.5, 0.6) is 0 Å². The van der Waals surface area contributed by atoms with Crippen LogP contribution < -0.4 is 5.73 Å². The minimum absolute atomic E-state index is 0.0463. The highest BCUT2D eigenvalue weighted by Gasteiger charge is 1.91. The Morgan fingerprint density at radius 1 is 0.950 bits per heavy atom. The van der Waals surface area contributed by atoms with Gasteiger partial charge < -0.3 is 26.2 Å². The van der Waals surface area contributed by atoms with Crippen molar-refractivity contribution in [3.63, 3.8) is 0 Å². The minimum Gasteiger partial charge on any atom is -0.396 e. The first kappa shape index (κ1) is 27.6. The Kier molecular flexibility index (Phi) is 37.0. The number of nitrogens with two attached hydrogens (primary N) is 1. The average molecular weight is 297 g/mol. The lowest BCUT2D eigenvalue weighted by Gasteiger charge is -1.97. The molecule has 0 aliphatic rings. The Hall–Kier alpha value is -0.690. The van der Waals surface area contributed by atoms with Crippen molar-refractivity contribution in [2.24, 2.45) is 17.6 Å². The molecule has 0 unspecified atom stereocenters. The zero-order valence-electron chi connectivity index (χ0n) is 13.7. The molecule has 126 valence electrons. The van der Waals surface area contributed by atoms with E-state index in [2.05, 4.69) is 5.73 Å². The van der Waals surface area contributed by atoms with Crippen LogP contribution in [0.15, 0.2) is 0 Å². The van der Waals surface area contributed by atoms with Crippen molar-refractivity contribution in [3.8, 4) is 0 Å². The number of amides is 1. The fraction of sp³-hybridized carbons (Fsp3) is 0.929. The molecule has 0 atom stereocenters. The van der Waals surface area contributed by atoms with Gasteiger partial charge in [-0.2, -0.15) is 0 Å². The first-order valence-electron chi connectivity index (χ1n) is 6.98. The SMILES string of the molecule is CC(C)CO.CC(CO)CO.CCC(N)=O.CCCO. The van der Waals surface area contributed by atoms with Gasteiger partial charge in [-0.15, -0.1) is 0 Å². The van der Waals surface area contributed by atoms with Crippen LogP contribution in [0.25, 0.3) is 0 Å². The second-order valence-electron chi connectivity index (χ2n) is 4.59. The maximum atomic E-state index is 9.59.